The normalized spacial score (nSPS) is 21.5. The predicted octanol–water partition coefficient (Wildman–Crippen LogP) is 14.1. The highest BCUT2D eigenvalue weighted by atomic mass is 28.4. The molecule has 74 heavy (non-hydrogen) atoms. The Morgan fingerprint density at radius 1 is 0.649 bits per heavy atom. The first-order valence-electron chi connectivity index (χ1n) is 28.1. The molecule has 0 amide bonds. The number of rotatable bonds is 38. The van der Waals surface area contributed by atoms with E-state index < -0.39 is 56.8 Å². The van der Waals surface area contributed by atoms with Crippen molar-refractivity contribution in [2.75, 3.05) is 53.9 Å². The summed E-state index contributed by atoms with van der Waals surface area (Å²) in [5.74, 6) is -0.466. The summed E-state index contributed by atoms with van der Waals surface area (Å²) in [6.07, 6.45) is 16.9. The van der Waals surface area contributed by atoms with E-state index in [0.717, 1.165) is 75.2 Å². The standard InChI is InChI=1S/C58H106O12Si4/c1-17-18-29-48(64-44-61-38-41-71(6,7)8)51(70-57(59)56(60-5)47-27-21-19-22-28-47)32-25-24-31-50(66-46-63-40-43-73(12,13)14)53-34-36-55(69-53)54-35-33-52(68-54)49(65-45-62-39-42-72(9,10)11)30-23-20-26-37-67-74(15,16)58(2,3)4/h18-19,21-24,27-31,48-56H,17,20,25-26,32-46H2,1-16H3/b29-18+,30-23+,31-24+/t48-,49+,50+,51+,52+,53+,54+,55+,56+/m0/s1. The Labute approximate surface area is 454 Å². The SMILES string of the molecule is CC/C=C/[C@H](OCOCC[Si](C)(C)C)[C@@H](CC/C=C/[C@@H](OCOCC[Si](C)(C)C)[C@H]1CC[C@H]([C@H]2CC[C@H]([C@@H](/C=C/CCCO[Si](C)(C)C(C)(C)C)OCOCC[Si](C)(C)C)O2)O1)OC(=O)[C@H](OC)c1ccccc1. The first-order chi connectivity index (χ1) is 34.8. The Kier molecular flexibility index (Phi) is 30.4. The smallest absolute Gasteiger partial charge is 0.340 e. The molecular formula is C58H106O12Si4. The average molecular weight is 1110 g/mol. The third kappa shape index (κ3) is 27.3. The van der Waals surface area contributed by atoms with Crippen molar-refractivity contribution < 1.29 is 56.6 Å². The van der Waals surface area contributed by atoms with Crippen molar-refractivity contribution in [2.24, 2.45) is 0 Å². The summed E-state index contributed by atoms with van der Waals surface area (Å²) >= 11 is 0. The molecule has 0 aromatic heterocycles. The Balaban J connectivity index is 1.75. The zero-order valence-corrected chi connectivity index (χ0v) is 53.4. The van der Waals surface area contributed by atoms with Gasteiger partial charge >= 0.3 is 5.97 Å². The number of esters is 1. The van der Waals surface area contributed by atoms with Gasteiger partial charge in [-0.1, -0.05) is 153 Å². The lowest BCUT2D eigenvalue weighted by Gasteiger charge is -2.36. The van der Waals surface area contributed by atoms with Gasteiger partial charge in [-0.15, -0.1) is 0 Å². The molecule has 3 rings (SSSR count). The summed E-state index contributed by atoms with van der Waals surface area (Å²) in [6.45, 7) is 38.0. The molecule has 0 unspecified atom stereocenters. The number of carbonyl (C=O) groups excluding carboxylic acids is 1. The number of methoxy groups -OCH3 is 1. The molecule has 2 fully saturated rings. The summed E-state index contributed by atoms with van der Waals surface area (Å²) in [5, 5.41) is 0.194. The second kappa shape index (κ2) is 33.7. The molecular weight excluding hydrogens is 1000 g/mol. The molecule has 0 aliphatic carbocycles. The van der Waals surface area contributed by atoms with Crippen molar-refractivity contribution in [3.05, 3.63) is 72.4 Å². The van der Waals surface area contributed by atoms with Crippen LogP contribution in [0, 0.1) is 0 Å². The van der Waals surface area contributed by atoms with Crippen molar-refractivity contribution >= 4 is 38.5 Å². The second-order valence-electron chi connectivity index (χ2n) is 25.5. The summed E-state index contributed by atoms with van der Waals surface area (Å²) in [5.41, 5.74) is 0.729. The van der Waals surface area contributed by atoms with Crippen molar-refractivity contribution in [1.29, 1.82) is 0 Å². The van der Waals surface area contributed by atoms with Gasteiger partial charge in [0, 0.05) is 57.8 Å². The molecule has 0 spiro atoms. The highest BCUT2D eigenvalue weighted by molar-refractivity contribution is 6.77. The second-order valence-corrected chi connectivity index (χ2v) is 47.2. The van der Waals surface area contributed by atoms with Crippen LogP contribution in [-0.2, 0) is 56.6 Å². The quantitative estimate of drug-likeness (QED) is 0.0206. The summed E-state index contributed by atoms with van der Waals surface area (Å²) in [6, 6.07) is 12.6. The Bertz CT molecular complexity index is 1750. The van der Waals surface area contributed by atoms with Crippen LogP contribution < -0.4 is 0 Å². The number of carbonyl (C=O) groups is 1. The molecule has 0 saturated carbocycles. The molecule has 2 heterocycles. The first kappa shape index (κ1) is 66.7. The minimum Gasteiger partial charge on any atom is -0.457 e. The summed E-state index contributed by atoms with van der Waals surface area (Å²) < 4.78 is 69.6. The number of unbranched alkanes of at least 4 members (excludes halogenated alkanes) is 1. The van der Waals surface area contributed by atoms with Gasteiger partial charge in [-0.2, -0.15) is 0 Å². The van der Waals surface area contributed by atoms with Crippen LogP contribution in [0.2, 0.25) is 95.2 Å². The first-order valence-corrected chi connectivity index (χ1v) is 42.2. The van der Waals surface area contributed by atoms with Crippen molar-refractivity contribution in [1.82, 2.24) is 0 Å². The molecule has 2 saturated heterocycles. The number of benzene rings is 1. The van der Waals surface area contributed by atoms with Crippen molar-refractivity contribution in [3.8, 4) is 0 Å². The van der Waals surface area contributed by atoms with Crippen LogP contribution in [0.1, 0.15) is 97.1 Å². The number of hydrogen-bond donors (Lipinski definition) is 0. The van der Waals surface area contributed by atoms with Crippen LogP contribution in [0.15, 0.2) is 66.8 Å². The molecule has 426 valence electrons. The van der Waals surface area contributed by atoms with Gasteiger partial charge in [0.05, 0.1) is 24.4 Å². The van der Waals surface area contributed by atoms with Crippen LogP contribution in [0.3, 0.4) is 0 Å². The lowest BCUT2D eigenvalue weighted by Crippen LogP contribution is -2.40. The number of hydrogen-bond acceptors (Lipinski definition) is 12. The molecule has 16 heteroatoms. The third-order valence-corrected chi connectivity index (χ3v) is 23.8. The lowest BCUT2D eigenvalue weighted by molar-refractivity contribution is -0.173. The van der Waals surface area contributed by atoms with Crippen LogP contribution in [0.4, 0.5) is 0 Å². The van der Waals surface area contributed by atoms with Gasteiger partial charge in [-0.05, 0) is 99.6 Å². The molecule has 2 aliphatic rings. The highest BCUT2D eigenvalue weighted by Crippen LogP contribution is 2.37. The maximum Gasteiger partial charge on any atom is 0.340 e. The number of allylic oxidation sites excluding steroid dienone is 3. The maximum atomic E-state index is 13.9. The minimum atomic E-state index is -1.78. The molecule has 9 atom stereocenters. The zero-order valence-electron chi connectivity index (χ0n) is 49.4. The predicted molar refractivity (Wildman–Crippen MR) is 313 cm³/mol. The lowest BCUT2D eigenvalue weighted by atomic mass is 10.0. The summed E-state index contributed by atoms with van der Waals surface area (Å²) in [4.78, 5) is 13.9. The van der Waals surface area contributed by atoms with E-state index in [1.807, 2.05) is 42.5 Å². The van der Waals surface area contributed by atoms with E-state index in [4.69, 9.17) is 51.8 Å². The molecule has 0 bridgehead atoms. The molecule has 0 N–H and O–H groups in total. The monoisotopic (exact) mass is 1110 g/mol. The fourth-order valence-corrected chi connectivity index (χ4v) is 11.6. The zero-order chi connectivity index (χ0) is 54.8. The van der Waals surface area contributed by atoms with Gasteiger partial charge in [0.1, 0.15) is 44.8 Å². The van der Waals surface area contributed by atoms with Gasteiger partial charge in [-0.25, -0.2) is 4.79 Å². The van der Waals surface area contributed by atoms with Crippen LogP contribution in [0.25, 0.3) is 0 Å². The van der Waals surface area contributed by atoms with E-state index in [0.29, 0.717) is 32.7 Å². The van der Waals surface area contributed by atoms with Crippen molar-refractivity contribution in [2.45, 2.75) is 236 Å². The number of ether oxygens (including phenoxy) is 10. The Hall–Kier alpha value is -1.62. The van der Waals surface area contributed by atoms with E-state index in [1.54, 1.807) is 0 Å². The van der Waals surface area contributed by atoms with E-state index in [9.17, 15) is 4.79 Å². The van der Waals surface area contributed by atoms with Gasteiger partial charge in [0.25, 0.3) is 0 Å². The molecule has 1 aromatic carbocycles. The van der Waals surface area contributed by atoms with E-state index in [2.05, 4.69) is 124 Å². The molecule has 0 radical (unpaired) electrons. The van der Waals surface area contributed by atoms with Gasteiger partial charge in [-0.3, -0.25) is 0 Å². The summed E-state index contributed by atoms with van der Waals surface area (Å²) in [7, 11) is -4.04. The maximum absolute atomic E-state index is 13.9. The molecule has 1 aromatic rings. The van der Waals surface area contributed by atoms with Crippen LogP contribution >= 0.6 is 0 Å². The van der Waals surface area contributed by atoms with Crippen LogP contribution in [0.5, 0.6) is 0 Å². The molecule has 2 aliphatic heterocycles. The van der Waals surface area contributed by atoms with E-state index in [-0.39, 0.29) is 62.0 Å². The van der Waals surface area contributed by atoms with E-state index >= 15 is 0 Å². The topological polar surface area (TPSA) is 119 Å². The fraction of sp³-hybridized carbons (Fsp3) is 0.776. The Morgan fingerprint density at radius 3 is 1.59 bits per heavy atom. The Morgan fingerprint density at radius 2 is 1.14 bits per heavy atom. The van der Waals surface area contributed by atoms with E-state index in [1.165, 1.54) is 7.11 Å². The fourth-order valence-electron chi connectivity index (χ4n) is 8.19. The largest absolute Gasteiger partial charge is 0.457 e. The third-order valence-electron chi connectivity index (χ3n) is 14.1. The van der Waals surface area contributed by atoms with Gasteiger partial charge in [0.15, 0.2) is 14.4 Å². The average Bonchev–Trinajstić information content (AvgIpc) is 4.01. The molecule has 12 nitrogen and oxygen atoms in total. The highest BCUT2D eigenvalue weighted by Gasteiger charge is 2.42. The minimum absolute atomic E-state index is 0.0530. The van der Waals surface area contributed by atoms with Crippen LogP contribution in [-0.4, -0.2) is 141 Å². The van der Waals surface area contributed by atoms with Crippen molar-refractivity contribution in [3.63, 3.8) is 0 Å². The van der Waals surface area contributed by atoms with Gasteiger partial charge < -0.3 is 51.8 Å². The van der Waals surface area contributed by atoms with Gasteiger partial charge in [0.2, 0.25) is 0 Å².